The highest BCUT2D eigenvalue weighted by molar-refractivity contribution is 5.74. The van der Waals surface area contributed by atoms with Gasteiger partial charge in [0.05, 0.1) is 6.42 Å². The molecule has 0 radical (unpaired) electrons. The molecule has 0 unspecified atom stereocenters. The van der Waals surface area contributed by atoms with E-state index in [1.807, 2.05) is 19.9 Å². The Morgan fingerprint density at radius 1 is 1.55 bits per heavy atom. The largest absolute Gasteiger partial charge is 0.481 e. The lowest BCUT2D eigenvalue weighted by Crippen LogP contribution is -2.07. The second-order valence-corrected chi connectivity index (χ2v) is 5.14. The number of aromatic nitrogens is 2. The molecule has 1 heterocycles. The number of anilines is 1. The van der Waals surface area contributed by atoms with Crippen LogP contribution in [-0.4, -0.2) is 20.9 Å². The second kappa shape index (κ2) is 5.85. The molecule has 0 amide bonds. The molecule has 2 aromatic rings. The minimum absolute atomic E-state index is 0.0445. The Morgan fingerprint density at radius 3 is 2.73 bits per heavy atom. The molecule has 2 rings (SSSR count). The monoisotopic (exact) mass is 302 g/mol. The van der Waals surface area contributed by atoms with Crippen LogP contribution in [0.2, 0.25) is 0 Å². The number of nitrogen functional groups attached to an aromatic ring is 1. The zero-order valence-corrected chi connectivity index (χ0v) is 12.2. The van der Waals surface area contributed by atoms with Crippen LogP contribution in [0, 0.1) is 17.1 Å². The summed E-state index contributed by atoms with van der Waals surface area (Å²) in [7, 11) is 0. The number of rotatable bonds is 4. The van der Waals surface area contributed by atoms with E-state index in [-0.39, 0.29) is 28.7 Å². The molecular weight excluding hydrogens is 287 g/mol. The van der Waals surface area contributed by atoms with Gasteiger partial charge < -0.3 is 10.8 Å². The number of carboxylic acid groups (broad SMARTS) is 1. The Hall–Kier alpha value is -2.88. The summed E-state index contributed by atoms with van der Waals surface area (Å²) in [4.78, 5) is 10.7. The van der Waals surface area contributed by atoms with E-state index in [2.05, 4.69) is 5.10 Å². The van der Waals surface area contributed by atoms with Crippen molar-refractivity contribution < 1.29 is 14.3 Å². The fraction of sp³-hybridized carbons (Fsp3) is 0.267. The predicted octanol–water partition coefficient (Wildman–Crippen LogP) is 2.35. The van der Waals surface area contributed by atoms with Crippen molar-refractivity contribution in [3.8, 4) is 17.3 Å². The predicted molar refractivity (Wildman–Crippen MR) is 78.5 cm³/mol. The average Bonchev–Trinajstić information content (AvgIpc) is 2.77. The highest BCUT2D eigenvalue weighted by Crippen LogP contribution is 2.29. The maximum Gasteiger partial charge on any atom is 0.307 e. The number of hydrogen-bond acceptors (Lipinski definition) is 4. The minimum atomic E-state index is -1.11. The first-order valence-electron chi connectivity index (χ1n) is 6.63. The first kappa shape index (κ1) is 15.5. The van der Waals surface area contributed by atoms with Crippen LogP contribution in [0.5, 0.6) is 0 Å². The number of carbonyl (C=O) groups is 1. The van der Waals surface area contributed by atoms with Gasteiger partial charge in [-0.2, -0.15) is 10.4 Å². The Bertz CT molecular complexity index is 775. The molecule has 6 nitrogen and oxygen atoms in total. The van der Waals surface area contributed by atoms with Crippen molar-refractivity contribution in [2.75, 3.05) is 5.73 Å². The van der Waals surface area contributed by atoms with E-state index in [9.17, 15) is 14.4 Å². The van der Waals surface area contributed by atoms with Crippen LogP contribution in [0.4, 0.5) is 10.2 Å². The summed E-state index contributed by atoms with van der Waals surface area (Å²) >= 11 is 0. The molecule has 22 heavy (non-hydrogen) atoms. The van der Waals surface area contributed by atoms with E-state index < -0.39 is 18.2 Å². The van der Waals surface area contributed by atoms with Gasteiger partial charge in [0.15, 0.2) is 0 Å². The Kier molecular flexibility index (Phi) is 4.13. The zero-order chi connectivity index (χ0) is 16.4. The number of nitriles is 1. The van der Waals surface area contributed by atoms with Crippen LogP contribution in [0.3, 0.4) is 0 Å². The highest BCUT2D eigenvalue weighted by atomic mass is 19.1. The van der Waals surface area contributed by atoms with Gasteiger partial charge in [-0.3, -0.25) is 4.79 Å². The number of hydrogen-bond donors (Lipinski definition) is 2. The van der Waals surface area contributed by atoms with Crippen LogP contribution < -0.4 is 5.73 Å². The smallest absolute Gasteiger partial charge is 0.307 e. The fourth-order valence-corrected chi connectivity index (χ4v) is 2.15. The molecule has 0 aliphatic rings. The molecule has 0 saturated carbocycles. The summed E-state index contributed by atoms with van der Waals surface area (Å²) in [6.07, 6.45) is -0.403. The lowest BCUT2D eigenvalue weighted by Gasteiger charge is -2.06. The van der Waals surface area contributed by atoms with Gasteiger partial charge in [-0.15, -0.1) is 0 Å². The van der Waals surface area contributed by atoms with E-state index in [4.69, 9.17) is 10.8 Å². The topological polar surface area (TPSA) is 105 Å². The molecule has 0 aliphatic heterocycles. The molecule has 0 fully saturated rings. The minimum Gasteiger partial charge on any atom is -0.481 e. The van der Waals surface area contributed by atoms with Gasteiger partial charge in [0.1, 0.15) is 29.0 Å². The van der Waals surface area contributed by atoms with Crippen LogP contribution >= 0.6 is 0 Å². The first-order valence-corrected chi connectivity index (χ1v) is 6.63. The van der Waals surface area contributed by atoms with Gasteiger partial charge in [0, 0.05) is 11.6 Å². The van der Waals surface area contributed by atoms with Crippen LogP contribution in [0.25, 0.3) is 11.3 Å². The van der Waals surface area contributed by atoms with Crippen molar-refractivity contribution in [1.82, 2.24) is 9.78 Å². The standard InChI is InChI=1S/C15H15FN4O2/c1-8(2)20-15(18)11(7-17)14(19-20)10-4-3-9(6-13(21)22)12(16)5-10/h3-5,8H,6,18H2,1-2H3,(H,21,22). The van der Waals surface area contributed by atoms with E-state index in [0.29, 0.717) is 5.56 Å². The van der Waals surface area contributed by atoms with Gasteiger partial charge in [-0.25, -0.2) is 9.07 Å². The van der Waals surface area contributed by atoms with Gasteiger partial charge in [-0.1, -0.05) is 12.1 Å². The van der Waals surface area contributed by atoms with Gasteiger partial charge in [0.2, 0.25) is 0 Å². The summed E-state index contributed by atoms with van der Waals surface area (Å²) in [5.41, 5.74) is 6.82. The number of carboxylic acids is 1. The van der Waals surface area contributed by atoms with Crippen molar-refractivity contribution in [2.45, 2.75) is 26.3 Å². The zero-order valence-electron chi connectivity index (χ0n) is 12.2. The maximum atomic E-state index is 14.0. The van der Waals surface area contributed by atoms with Crippen molar-refractivity contribution in [3.63, 3.8) is 0 Å². The van der Waals surface area contributed by atoms with Crippen molar-refractivity contribution >= 4 is 11.8 Å². The summed E-state index contributed by atoms with van der Waals surface area (Å²) < 4.78 is 15.5. The number of benzene rings is 1. The van der Waals surface area contributed by atoms with E-state index >= 15 is 0 Å². The third-order valence-corrected chi connectivity index (χ3v) is 3.22. The Morgan fingerprint density at radius 2 is 2.23 bits per heavy atom. The molecule has 1 aromatic heterocycles. The molecule has 3 N–H and O–H groups in total. The second-order valence-electron chi connectivity index (χ2n) is 5.14. The molecule has 7 heteroatoms. The van der Waals surface area contributed by atoms with Crippen LogP contribution in [-0.2, 0) is 11.2 Å². The summed E-state index contributed by atoms with van der Waals surface area (Å²) in [6.45, 7) is 3.73. The number of nitrogens with two attached hydrogens (primary N) is 1. The molecular formula is C15H15FN4O2. The van der Waals surface area contributed by atoms with E-state index in [1.165, 1.54) is 22.9 Å². The third-order valence-electron chi connectivity index (χ3n) is 3.22. The molecule has 0 bridgehead atoms. The first-order chi connectivity index (χ1) is 10.3. The van der Waals surface area contributed by atoms with Crippen molar-refractivity contribution in [2.24, 2.45) is 0 Å². The van der Waals surface area contributed by atoms with Gasteiger partial charge >= 0.3 is 5.97 Å². The Balaban J connectivity index is 2.53. The number of aliphatic carboxylic acids is 1. The molecule has 0 saturated heterocycles. The van der Waals surface area contributed by atoms with Gasteiger partial charge in [-0.05, 0) is 25.5 Å². The third kappa shape index (κ3) is 2.76. The lowest BCUT2D eigenvalue weighted by atomic mass is 10.0. The van der Waals surface area contributed by atoms with E-state index in [1.54, 1.807) is 0 Å². The normalized spacial score (nSPS) is 10.7. The van der Waals surface area contributed by atoms with Crippen molar-refractivity contribution in [3.05, 3.63) is 35.1 Å². The van der Waals surface area contributed by atoms with Crippen LogP contribution in [0.1, 0.15) is 31.0 Å². The quantitative estimate of drug-likeness (QED) is 0.902. The molecule has 0 atom stereocenters. The number of nitrogens with zero attached hydrogens (tertiary/aromatic N) is 3. The van der Waals surface area contributed by atoms with Crippen LogP contribution in [0.15, 0.2) is 18.2 Å². The Labute approximate surface area is 126 Å². The van der Waals surface area contributed by atoms with E-state index in [0.717, 1.165) is 0 Å². The highest BCUT2D eigenvalue weighted by Gasteiger charge is 2.19. The molecule has 1 aromatic carbocycles. The van der Waals surface area contributed by atoms with Crippen molar-refractivity contribution in [1.29, 1.82) is 5.26 Å². The summed E-state index contributed by atoms with van der Waals surface area (Å²) in [6, 6.07) is 6.02. The summed E-state index contributed by atoms with van der Waals surface area (Å²) in [5, 5.41) is 22.2. The average molecular weight is 302 g/mol. The SMILES string of the molecule is CC(C)n1nc(-c2ccc(CC(=O)O)c(F)c2)c(C#N)c1N. The van der Waals surface area contributed by atoms with Gasteiger partial charge in [0.25, 0.3) is 0 Å². The molecule has 114 valence electrons. The summed E-state index contributed by atoms with van der Waals surface area (Å²) in [5.74, 6) is -1.54. The maximum absolute atomic E-state index is 14.0. The molecule has 0 aliphatic carbocycles. The lowest BCUT2D eigenvalue weighted by molar-refractivity contribution is -0.136. The molecule has 0 spiro atoms. The number of halogens is 1. The fourth-order valence-electron chi connectivity index (χ4n) is 2.15.